The Bertz CT molecular complexity index is 976. The van der Waals surface area contributed by atoms with E-state index in [1.165, 1.54) is 6.33 Å². The number of nitrogen functional groups attached to an aromatic ring is 1. The number of hydrogen-bond acceptors (Lipinski definition) is 5. The van der Waals surface area contributed by atoms with Crippen molar-refractivity contribution < 1.29 is 5.11 Å². The molecule has 0 spiro atoms. The number of thiophene rings is 1. The number of benzene rings is 2. The Kier molecular flexibility index (Phi) is 3.03. The molecule has 0 radical (unpaired) electrons. The standard InChI is InChI=1S/C17H13N3OS/c18-17-16-15(19-9-20-17)13-6-5-12(7-14(13)22-16)11-3-1-10(8-21)2-4-11/h1-7,9,21H,8H2,(H2,18,19,20). The number of nitrogens with two attached hydrogens (primary N) is 1. The van der Waals surface area contributed by atoms with Crippen LogP contribution in [0.2, 0.25) is 0 Å². The number of hydrogen-bond donors (Lipinski definition) is 2. The molecule has 4 rings (SSSR count). The normalized spacial score (nSPS) is 11.3. The average molecular weight is 307 g/mol. The highest BCUT2D eigenvalue weighted by Crippen LogP contribution is 2.36. The summed E-state index contributed by atoms with van der Waals surface area (Å²) in [6, 6.07) is 14.2. The van der Waals surface area contributed by atoms with Gasteiger partial charge in [0.05, 0.1) is 16.8 Å². The Hall–Kier alpha value is -2.50. The molecule has 4 nitrogen and oxygen atoms in total. The van der Waals surface area contributed by atoms with Crippen LogP contribution in [-0.4, -0.2) is 15.1 Å². The minimum atomic E-state index is 0.0631. The molecule has 0 atom stereocenters. The van der Waals surface area contributed by atoms with Crippen molar-refractivity contribution in [3.63, 3.8) is 0 Å². The number of rotatable bonds is 2. The van der Waals surface area contributed by atoms with Gasteiger partial charge in [-0.3, -0.25) is 0 Å². The van der Waals surface area contributed by atoms with Crippen molar-refractivity contribution in [3.05, 3.63) is 54.4 Å². The first-order valence-corrected chi connectivity index (χ1v) is 7.71. The maximum absolute atomic E-state index is 9.12. The molecule has 0 aliphatic carbocycles. The van der Waals surface area contributed by atoms with Gasteiger partial charge in [-0.25, -0.2) is 9.97 Å². The van der Waals surface area contributed by atoms with Crippen LogP contribution in [-0.2, 0) is 6.61 Å². The van der Waals surface area contributed by atoms with E-state index < -0.39 is 0 Å². The van der Waals surface area contributed by atoms with E-state index in [1.54, 1.807) is 11.3 Å². The highest BCUT2D eigenvalue weighted by atomic mass is 32.1. The molecule has 2 aromatic carbocycles. The summed E-state index contributed by atoms with van der Waals surface area (Å²) in [6.07, 6.45) is 1.51. The zero-order valence-corrected chi connectivity index (χ0v) is 12.5. The Morgan fingerprint density at radius 3 is 2.55 bits per heavy atom. The number of aliphatic hydroxyl groups is 1. The molecule has 108 valence electrons. The van der Waals surface area contributed by atoms with Crippen molar-refractivity contribution in [1.29, 1.82) is 0 Å². The van der Waals surface area contributed by atoms with E-state index >= 15 is 0 Å². The van der Waals surface area contributed by atoms with Crippen LogP contribution in [0, 0.1) is 0 Å². The molecule has 22 heavy (non-hydrogen) atoms. The van der Waals surface area contributed by atoms with Crippen LogP contribution in [0.4, 0.5) is 5.82 Å². The highest BCUT2D eigenvalue weighted by Gasteiger charge is 2.10. The van der Waals surface area contributed by atoms with Crippen molar-refractivity contribution in [2.24, 2.45) is 0 Å². The van der Waals surface area contributed by atoms with Crippen molar-refractivity contribution >= 4 is 37.5 Å². The van der Waals surface area contributed by atoms with Crippen LogP contribution in [0.5, 0.6) is 0 Å². The predicted molar refractivity (Wildman–Crippen MR) is 90.7 cm³/mol. The topological polar surface area (TPSA) is 72.0 Å². The van der Waals surface area contributed by atoms with Crippen LogP contribution in [0.15, 0.2) is 48.8 Å². The Morgan fingerprint density at radius 1 is 1.00 bits per heavy atom. The zero-order valence-electron chi connectivity index (χ0n) is 11.7. The Morgan fingerprint density at radius 2 is 1.77 bits per heavy atom. The van der Waals surface area contributed by atoms with Crippen LogP contribution in [0.3, 0.4) is 0 Å². The molecule has 0 saturated heterocycles. The van der Waals surface area contributed by atoms with Crippen LogP contribution >= 0.6 is 11.3 Å². The third-order valence-corrected chi connectivity index (χ3v) is 4.91. The number of aromatic nitrogens is 2. The van der Waals surface area contributed by atoms with Crippen LogP contribution in [0.25, 0.3) is 31.4 Å². The molecule has 5 heteroatoms. The second-order valence-corrected chi connectivity index (χ2v) is 6.16. The van der Waals surface area contributed by atoms with Gasteiger partial charge in [0.25, 0.3) is 0 Å². The molecule has 2 heterocycles. The zero-order chi connectivity index (χ0) is 15.1. The lowest BCUT2D eigenvalue weighted by molar-refractivity contribution is 0.282. The SMILES string of the molecule is Nc1ncnc2c1sc1cc(-c3ccc(CO)cc3)ccc12. The average Bonchev–Trinajstić information content (AvgIpc) is 2.94. The fourth-order valence-corrected chi connectivity index (χ4v) is 3.67. The first kappa shape index (κ1) is 13.2. The summed E-state index contributed by atoms with van der Waals surface area (Å²) in [7, 11) is 0. The number of fused-ring (bicyclic) bond motifs is 3. The minimum absolute atomic E-state index is 0.0631. The van der Waals surface area contributed by atoms with Crippen molar-refractivity contribution in [3.8, 4) is 11.1 Å². The second kappa shape index (κ2) is 5.05. The lowest BCUT2D eigenvalue weighted by atomic mass is 10.0. The molecule has 0 saturated carbocycles. The predicted octanol–water partition coefficient (Wildman–Crippen LogP) is 3.59. The lowest BCUT2D eigenvalue weighted by Crippen LogP contribution is -1.89. The van der Waals surface area contributed by atoms with Crippen LogP contribution < -0.4 is 5.73 Å². The number of nitrogens with zero attached hydrogens (tertiary/aromatic N) is 2. The number of aliphatic hydroxyl groups excluding tert-OH is 1. The second-order valence-electron chi connectivity index (χ2n) is 5.10. The molecular weight excluding hydrogens is 294 g/mol. The third-order valence-electron chi connectivity index (χ3n) is 3.75. The lowest BCUT2D eigenvalue weighted by Gasteiger charge is -2.03. The van der Waals surface area contributed by atoms with E-state index in [-0.39, 0.29) is 6.61 Å². The summed E-state index contributed by atoms with van der Waals surface area (Å²) < 4.78 is 2.08. The monoisotopic (exact) mass is 307 g/mol. The first-order chi connectivity index (χ1) is 10.8. The van der Waals surface area contributed by atoms with Gasteiger partial charge in [-0.1, -0.05) is 36.4 Å². The van der Waals surface area contributed by atoms with E-state index in [9.17, 15) is 0 Å². The fraction of sp³-hybridized carbons (Fsp3) is 0.0588. The summed E-state index contributed by atoms with van der Waals surface area (Å²) in [5, 5.41) is 10.2. The van der Waals surface area contributed by atoms with E-state index in [1.807, 2.05) is 24.3 Å². The molecule has 4 aromatic rings. The molecule has 0 aliphatic heterocycles. The molecule has 2 aromatic heterocycles. The quantitative estimate of drug-likeness (QED) is 0.593. The molecule has 0 amide bonds. The van der Waals surface area contributed by atoms with Gasteiger partial charge in [-0.05, 0) is 22.8 Å². The minimum Gasteiger partial charge on any atom is -0.392 e. The van der Waals surface area contributed by atoms with Gasteiger partial charge < -0.3 is 10.8 Å². The maximum atomic E-state index is 9.12. The van der Waals surface area contributed by atoms with Crippen molar-refractivity contribution in [2.75, 3.05) is 5.73 Å². The molecular formula is C17H13N3OS. The molecule has 0 fully saturated rings. The smallest absolute Gasteiger partial charge is 0.144 e. The van der Waals surface area contributed by atoms with E-state index in [4.69, 9.17) is 10.8 Å². The maximum Gasteiger partial charge on any atom is 0.144 e. The van der Waals surface area contributed by atoms with Gasteiger partial charge in [0, 0.05) is 10.1 Å². The van der Waals surface area contributed by atoms with Gasteiger partial charge in [0.1, 0.15) is 12.1 Å². The molecule has 0 aliphatic rings. The van der Waals surface area contributed by atoms with Gasteiger partial charge >= 0.3 is 0 Å². The van der Waals surface area contributed by atoms with Crippen molar-refractivity contribution in [1.82, 2.24) is 9.97 Å². The van der Waals surface area contributed by atoms with E-state index in [2.05, 4.69) is 28.2 Å². The highest BCUT2D eigenvalue weighted by molar-refractivity contribution is 7.26. The van der Waals surface area contributed by atoms with Gasteiger partial charge in [0.15, 0.2) is 0 Å². The number of anilines is 1. The van der Waals surface area contributed by atoms with Crippen LogP contribution in [0.1, 0.15) is 5.56 Å². The summed E-state index contributed by atoms with van der Waals surface area (Å²) in [4.78, 5) is 8.40. The molecule has 0 bridgehead atoms. The summed E-state index contributed by atoms with van der Waals surface area (Å²) in [5.41, 5.74) is 10.0. The Balaban J connectivity index is 1.89. The van der Waals surface area contributed by atoms with Gasteiger partial charge in [0.2, 0.25) is 0 Å². The van der Waals surface area contributed by atoms with E-state index in [0.29, 0.717) is 5.82 Å². The largest absolute Gasteiger partial charge is 0.392 e. The molecule has 3 N–H and O–H groups in total. The third kappa shape index (κ3) is 2.03. The summed E-state index contributed by atoms with van der Waals surface area (Å²) in [6.45, 7) is 0.0631. The van der Waals surface area contributed by atoms with Gasteiger partial charge in [-0.15, -0.1) is 11.3 Å². The van der Waals surface area contributed by atoms with Gasteiger partial charge in [-0.2, -0.15) is 0 Å². The fourth-order valence-electron chi connectivity index (χ4n) is 2.57. The summed E-state index contributed by atoms with van der Waals surface area (Å²) >= 11 is 1.61. The Labute approximate surface area is 130 Å². The summed E-state index contributed by atoms with van der Waals surface area (Å²) in [5.74, 6) is 0.528. The molecule has 0 unspecified atom stereocenters. The first-order valence-electron chi connectivity index (χ1n) is 6.89. The van der Waals surface area contributed by atoms with E-state index in [0.717, 1.165) is 37.0 Å². The van der Waals surface area contributed by atoms with Crippen molar-refractivity contribution in [2.45, 2.75) is 6.61 Å².